The first-order chi connectivity index (χ1) is 5.15. The van der Waals surface area contributed by atoms with Gasteiger partial charge in [-0.1, -0.05) is 18.3 Å². The summed E-state index contributed by atoms with van der Waals surface area (Å²) in [6.07, 6.45) is 0.874. The highest BCUT2D eigenvalue weighted by Crippen LogP contribution is 2.29. The van der Waals surface area contributed by atoms with Crippen molar-refractivity contribution in [2.24, 2.45) is 0 Å². The second kappa shape index (κ2) is 3.00. The minimum Gasteiger partial charge on any atom is -0.258 e. The lowest BCUT2D eigenvalue weighted by atomic mass is 10.3. The summed E-state index contributed by atoms with van der Waals surface area (Å²) in [6, 6.07) is 1.88. The third kappa shape index (κ3) is 1.57. The van der Waals surface area contributed by atoms with Crippen molar-refractivity contribution in [3.05, 3.63) is 26.6 Å². The zero-order chi connectivity index (χ0) is 8.43. The van der Waals surface area contributed by atoms with Crippen LogP contribution in [0.2, 0.25) is 0 Å². The van der Waals surface area contributed by atoms with Crippen LogP contribution in [0, 0.1) is 17.0 Å². The van der Waals surface area contributed by atoms with Gasteiger partial charge >= 0.3 is 5.00 Å². The molecular formula is C7H9NO2S. The van der Waals surface area contributed by atoms with Crippen molar-refractivity contribution in [3.63, 3.8) is 0 Å². The lowest BCUT2D eigenvalue weighted by molar-refractivity contribution is -0.380. The molecule has 0 aliphatic carbocycles. The van der Waals surface area contributed by atoms with Gasteiger partial charge in [0.05, 0.1) is 4.92 Å². The van der Waals surface area contributed by atoms with Crippen LogP contribution in [0.15, 0.2) is 6.07 Å². The van der Waals surface area contributed by atoms with E-state index >= 15 is 0 Å². The molecule has 0 aliphatic heterocycles. The molecule has 0 N–H and O–H groups in total. The number of aryl methyl sites for hydroxylation is 2. The first-order valence-corrected chi connectivity index (χ1v) is 4.20. The number of rotatable bonds is 2. The molecule has 1 aromatic heterocycles. The molecule has 1 heterocycles. The van der Waals surface area contributed by atoms with Crippen LogP contribution < -0.4 is 0 Å². The van der Waals surface area contributed by atoms with Crippen LogP contribution in [0.1, 0.15) is 17.4 Å². The number of nitro groups is 1. The molecule has 0 aromatic carbocycles. The van der Waals surface area contributed by atoms with Gasteiger partial charge in [-0.3, -0.25) is 10.1 Å². The summed E-state index contributed by atoms with van der Waals surface area (Å²) in [4.78, 5) is 11.1. The van der Waals surface area contributed by atoms with Crippen molar-refractivity contribution >= 4 is 16.3 Å². The van der Waals surface area contributed by atoms with Crippen LogP contribution in [0.5, 0.6) is 0 Å². The number of hydrogen-bond donors (Lipinski definition) is 0. The van der Waals surface area contributed by atoms with Crippen molar-refractivity contribution in [3.8, 4) is 0 Å². The van der Waals surface area contributed by atoms with Gasteiger partial charge in [0.15, 0.2) is 0 Å². The summed E-state index contributed by atoms with van der Waals surface area (Å²) in [6.45, 7) is 3.77. The maximum Gasteiger partial charge on any atom is 0.327 e. The molecule has 1 rings (SSSR count). The third-order valence-corrected chi connectivity index (χ3v) is 2.79. The summed E-state index contributed by atoms with van der Waals surface area (Å²) in [5.74, 6) is 0. The van der Waals surface area contributed by atoms with E-state index in [2.05, 4.69) is 0 Å². The van der Waals surface area contributed by atoms with E-state index in [0.717, 1.165) is 16.9 Å². The molecule has 0 unspecified atom stereocenters. The molecule has 60 valence electrons. The minimum atomic E-state index is -0.320. The first kappa shape index (κ1) is 8.20. The van der Waals surface area contributed by atoms with Gasteiger partial charge < -0.3 is 0 Å². The van der Waals surface area contributed by atoms with E-state index in [-0.39, 0.29) is 9.92 Å². The summed E-state index contributed by atoms with van der Waals surface area (Å²) < 4.78 is 0. The SMILES string of the molecule is CCc1cc(C)c([N+](=O)[O-])s1. The molecule has 4 heteroatoms. The van der Waals surface area contributed by atoms with E-state index in [9.17, 15) is 10.1 Å². The van der Waals surface area contributed by atoms with E-state index in [0.29, 0.717) is 0 Å². The number of thiophene rings is 1. The van der Waals surface area contributed by atoms with Crippen LogP contribution in [0.25, 0.3) is 0 Å². The standard InChI is InChI=1S/C7H9NO2S/c1-3-6-4-5(2)7(11-6)8(9)10/h4H,3H2,1-2H3. The average molecular weight is 171 g/mol. The summed E-state index contributed by atoms with van der Waals surface area (Å²) in [5, 5.41) is 10.6. The topological polar surface area (TPSA) is 43.1 Å². The summed E-state index contributed by atoms with van der Waals surface area (Å²) >= 11 is 1.27. The zero-order valence-corrected chi connectivity index (χ0v) is 7.27. The maximum atomic E-state index is 10.4. The largest absolute Gasteiger partial charge is 0.327 e. The third-order valence-electron chi connectivity index (χ3n) is 1.46. The highest BCUT2D eigenvalue weighted by Gasteiger charge is 2.13. The average Bonchev–Trinajstić information content (AvgIpc) is 2.30. The van der Waals surface area contributed by atoms with Crippen LogP contribution in [0.4, 0.5) is 5.00 Å². The van der Waals surface area contributed by atoms with Crippen molar-refractivity contribution in [2.45, 2.75) is 20.3 Å². The van der Waals surface area contributed by atoms with E-state index in [4.69, 9.17) is 0 Å². The van der Waals surface area contributed by atoms with Gasteiger partial charge in [0.1, 0.15) is 0 Å². The summed E-state index contributed by atoms with van der Waals surface area (Å²) in [5.41, 5.74) is 0.775. The van der Waals surface area contributed by atoms with Crippen LogP contribution in [-0.2, 0) is 6.42 Å². The van der Waals surface area contributed by atoms with Gasteiger partial charge in [-0.25, -0.2) is 0 Å². The van der Waals surface area contributed by atoms with E-state index in [1.54, 1.807) is 6.92 Å². The highest BCUT2D eigenvalue weighted by molar-refractivity contribution is 7.15. The highest BCUT2D eigenvalue weighted by atomic mass is 32.1. The molecule has 0 saturated carbocycles. The Hall–Kier alpha value is -0.900. The zero-order valence-electron chi connectivity index (χ0n) is 6.46. The Bertz CT molecular complexity index is 280. The van der Waals surface area contributed by atoms with Gasteiger partial charge in [-0.2, -0.15) is 0 Å². The molecule has 0 fully saturated rings. The fourth-order valence-corrected chi connectivity index (χ4v) is 1.82. The summed E-state index contributed by atoms with van der Waals surface area (Å²) in [7, 11) is 0. The Morgan fingerprint density at radius 1 is 1.73 bits per heavy atom. The van der Waals surface area contributed by atoms with Crippen molar-refractivity contribution in [1.29, 1.82) is 0 Å². The molecule has 0 spiro atoms. The van der Waals surface area contributed by atoms with E-state index in [1.807, 2.05) is 13.0 Å². The fraction of sp³-hybridized carbons (Fsp3) is 0.429. The van der Waals surface area contributed by atoms with Gasteiger partial charge in [-0.05, 0) is 19.4 Å². The molecule has 11 heavy (non-hydrogen) atoms. The van der Waals surface area contributed by atoms with Gasteiger partial charge in [0.25, 0.3) is 0 Å². The van der Waals surface area contributed by atoms with Crippen LogP contribution >= 0.6 is 11.3 Å². The number of hydrogen-bond acceptors (Lipinski definition) is 3. The predicted molar refractivity (Wildman–Crippen MR) is 45.1 cm³/mol. The van der Waals surface area contributed by atoms with E-state index in [1.165, 1.54) is 11.3 Å². The Labute approximate surface area is 68.8 Å². The van der Waals surface area contributed by atoms with Gasteiger partial charge in [0.2, 0.25) is 0 Å². The molecule has 0 atom stereocenters. The quantitative estimate of drug-likeness (QED) is 0.507. The molecule has 0 aliphatic rings. The van der Waals surface area contributed by atoms with Crippen LogP contribution in [-0.4, -0.2) is 4.92 Å². The smallest absolute Gasteiger partial charge is 0.258 e. The number of nitrogens with zero attached hydrogens (tertiary/aromatic N) is 1. The van der Waals surface area contributed by atoms with Crippen LogP contribution in [0.3, 0.4) is 0 Å². The van der Waals surface area contributed by atoms with Crippen molar-refractivity contribution in [1.82, 2.24) is 0 Å². The second-order valence-corrected chi connectivity index (χ2v) is 3.43. The Morgan fingerprint density at radius 3 is 2.64 bits per heavy atom. The molecule has 3 nitrogen and oxygen atoms in total. The molecule has 0 amide bonds. The molecule has 0 bridgehead atoms. The lowest BCUT2D eigenvalue weighted by Gasteiger charge is -1.83. The normalized spacial score (nSPS) is 10.0. The Kier molecular flexibility index (Phi) is 2.24. The van der Waals surface area contributed by atoms with Crippen molar-refractivity contribution < 1.29 is 4.92 Å². The Morgan fingerprint density at radius 2 is 2.36 bits per heavy atom. The molecule has 0 radical (unpaired) electrons. The fourth-order valence-electron chi connectivity index (χ4n) is 0.893. The lowest BCUT2D eigenvalue weighted by Crippen LogP contribution is -1.84. The molecule has 0 saturated heterocycles. The Balaban J connectivity index is 3.07. The second-order valence-electron chi connectivity index (χ2n) is 2.31. The first-order valence-electron chi connectivity index (χ1n) is 3.39. The monoisotopic (exact) mass is 171 g/mol. The van der Waals surface area contributed by atoms with Gasteiger partial charge in [-0.15, -0.1) is 0 Å². The maximum absolute atomic E-state index is 10.4. The minimum absolute atomic E-state index is 0.279. The molecular weight excluding hydrogens is 162 g/mol. The molecule has 1 aromatic rings. The van der Waals surface area contributed by atoms with Crippen molar-refractivity contribution in [2.75, 3.05) is 0 Å². The van der Waals surface area contributed by atoms with E-state index < -0.39 is 0 Å². The predicted octanol–water partition coefficient (Wildman–Crippen LogP) is 2.53. The van der Waals surface area contributed by atoms with Gasteiger partial charge in [0, 0.05) is 10.4 Å².